The van der Waals surface area contributed by atoms with Crippen molar-refractivity contribution in [2.24, 2.45) is 0 Å². The van der Waals surface area contributed by atoms with Gasteiger partial charge in [-0.3, -0.25) is 4.79 Å². The van der Waals surface area contributed by atoms with Gasteiger partial charge in [-0.1, -0.05) is 84.9 Å². The number of rotatable bonds is 18. The number of unbranched alkanes of at least 4 members (excludes halogenated alkanes) is 1. The fourth-order valence-electron chi connectivity index (χ4n) is 2.77. The van der Waals surface area contributed by atoms with E-state index in [1.54, 1.807) is 0 Å². The normalized spacial score (nSPS) is 12.8. The summed E-state index contributed by atoms with van der Waals surface area (Å²) in [7, 11) is 0. The smallest absolute Gasteiger partial charge is 0.306 e. The van der Waals surface area contributed by atoms with E-state index in [1.165, 1.54) is 11.1 Å². The van der Waals surface area contributed by atoms with Gasteiger partial charge in [-0.05, 0) is 84.6 Å². The number of allylic oxidation sites excluding steroid dienone is 13. The maximum atomic E-state index is 11.8. The molecule has 178 valence electrons. The molecule has 0 radical (unpaired) electrons. The maximum absolute atomic E-state index is 11.8. The van der Waals surface area contributed by atoms with Crippen molar-refractivity contribution in [3.05, 3.63) is 84.1 Å². The second-order valence-electron chi connectivity index (χ2n) is 8.15. The molecule has 0 aliphatic rings. The van der Waals surface area contributed by atoms with Crippen molar-refractivity contribution < 1.29 is 9.53 Å². The molecule has 0 aromatic carbocycles. The summed E-state index contributed by atoms with van der Waals surface area (Å²) in [5, 5.41) is 0. The predicted octanol–water partition coefficient (Wildman–Crippen LogP) is 9.14. The lowest BCUT2D eigenvalue weighted by molar-refractivity contribution is -0.142. The monoisotopic (exact) mass is 438 g/mol. The zero-order valence-corrected chi connectivity index (χ0v) is 21.0. The average molecular weight is 439 g/mol. The molecule has 2 heteroatoms. The van der Waals surface area contributed by atoms with Crippen LogP contribution >= 0.6 is 0 Å². The van der Waals surface area contributed by atoms with Gasteiger partial charge >= 0.3 is 5.97 Å². The van der Waals surface area contributed by atoms with E-state index in [0.717, 1.165) is 57.8 Å². The molecular weight excluding hydrogens is 392 g/mol. The van der Waals surface area contributed by atoms with Crippen LogP contribution in [-0.2, 0) is 9.53 Å². The molecule has 0 bridgehead atoms. The van der Waals surface area contributed by atoms with Crippen LogP contribution in [0.4, 0.5) is 0 Å². The largest absolute Gasteiger partial charge is 0.461 e. The van der Waals surface area contributed by atoms with Crippen molar-refractivity contribution in [1.82, 2.24) is 0 Å². The van der Waals surface area contributed by atoms with Gasteiger partial charge in [0.2, 0.25) is 0 Å². The van der Waals surface area contributed by atoms with Crippen molar-refractivity contribution in [1.29, 1.82) is 0 Å². The standard InChI is InChI=1S/C30H46O2/c1-5-6-7-8-9-10-11-12-13-14-15-16-17-18-19-20-21-25-30(31)32-27-26-29(4)24-22-23-28(2)3/h6-7,9-10,12-13,15-16,18-19,23,26H,5,8,11,14,17,20-22,24-25,27H2,1-4H3/b7-6-,10-9-,13-12-,16-15-,19-18-,29-26+. The van der Waals surface area contributed by atoms with Gasteiger partial charge < -0.3 is 4.74 Å². The van der Waals surface area contributed by atoms with Crippen molar-refractivity contribution in [3.63, 3.8) is 0 Å². The van der Waals surface area contributed by atoms with Crippen LogP contribution < -0.4 is 0 Å². The highest BCUT2D eigenvalue weighted by Gasteiger charge is 2.00. The lowest BCUT2D eigenvalue weighted by Crippen LogP contribution is -2.04. The first-order valence-electron chi connectivity index (χ1n) is 12.3. The second kappa shape index (κ2) is 23.3. The fourth-order valence-corrected chi connectivity index (χ4v) is 2.77. The Bertz CT molecular complexity index is 665. The molecule has 0 rings (SSSR count). The highest BCUT2D eigenvalue weighted by atomic mass is 16.5. The van der Waals surface area contributed by atoms with Crippen molar-refractivity contribution >= 4 is 5.97 Å². The summed E-state index contributed by atoms with van der Waals surface area (Å²) in [5.74, 6) is -0.106. The first kappa shape index (κ1) is 29.7. The van der Waals surface area contributed by atoms with Crippen molar-refractivity contribution in [3.8, 4) is 0 Å². The molecule has 0 spiro atoms. The molecular formula is C30H46O2. The Balaban J connectivity index is 3.66. The van der Waals surface area contributed by atoms with Crippen LogP contribution in [0.15, 0.2) is 84.1 Å². The molecule has 0 aromatic heterocycles. The Labute approximate surface area is 198 Å². The summed E-state index contributed by atoms with van der Waals surface area (Å²) in [6, 6.07) is 0. The van der Waals surface area contributed by atoms with Gasteiger partial charge in [-0.25, -0.2) is 0 Å². The molecule has 0 aliphatic heterocycles. The Kier molecular flexibility index (Phi) is 21.6. The number of hydrogen-bond donors (Lipinski definition) is 0. The van der Waals surface area contributed by atoms with E-state index in [1.807, 2.05) is 6.08 Å². The third-order valence-electron chi connectivity index (χ3n) is 4.68. The third kappa shape index (κ3) is 23.9. The number of ether oxygens (including phenoxy) is 1. The summed E-state index contributed by atoms with van der Waals surface area (Å²) < 4.78 is 5.29. The maximum Gasteiger partial charge on any atom is 0.306 e. The predicted molar refractivity (Wildman–Crippen MR) is 142 cm³/mol. The van der Waals surface area contributed by atoms with E-state index in [-0.39, 0.29) is 5.97 Å². The molecule has 0 atom stereocenters. The Hall–Kier alpha value is -2.35. The Morgan fingerprint density at radius 2 is 1.19 bits per heavy atom. The summed E-state index contributed by atoms with van der Waals surface area (Å²) in [6.07, 6.45) is 35.6. The lowest BCUT2D eigenvalue weighted by Gasteiger charge is -2.03. The molecule has 0 N–H and O–H groups in total. The first-order chi connectivity index (χ1) is 15.6. The minimum atomic E-state index is -0.106. The molecule has 2 nitrogen and oxygen atoms in total. The number of carbonyl (C=O) groups excluding carboxylic acids is 1. The van der Waals surface area contributed by atoms with Crippen LogP contribution in [0.5, 0.6) is 0 Å². The zero-order chi connectivity index (χ0) is 23.7. The minimum Gasteiger partial charge on any atom is -0.461 e. The number of carbonyl (C=O) groups is 1. The topological polar surface area (TPSA) is 26.3 Å². The summed E-state index contributed by atoms with van der Waals surface area (Å²) in [4.78, 5) is 11.8. The van der Waals surface area contributed by atoms with Crippen LogP contribution in [0.1, 0.15) is 91.9 Å². The van der Waals surface area contributed by atoms with Crippen LogP contribution in [0.25, 0.3) is 0 Å². The van der Waals surface area contributed by atoms with E-state index in [4.69, 9.17) is 4.74 Å². The van der Waals surface area contributed by atoms with Gasteiger partial charge in [-0.2, -0.15) is 0 Å². The van der Waals surface area contributed by atoms with Gasteiger partial charge in [0.1, 0.15) is 6.61 Å². The summed E-state index contributed by atoms with van der Waals surface area (Å²) in [5.41, 5.74) is 2.62. The SMILES string of the molecule is CC/C=C\C/C=C\C/C=C\C/C=C\C/C=C\CCCC(=O)OC/C=C(\C)CCC=C(C)C. The first-order valence-corrected chi connectivity index (χ1v) is 12.3. The van der Waals surface area contributed by atoms with E-state index < -0.39 is 0 Å². The summed E-state index contributed by atoms with van der Waals surface area (Å²) in [6.45, 7) is 8.86. The van der Waals surface area contributed by atoms with Gasteiger partial charge in [0, 0.05) is 6.42 Å². The van der Waals surface area contributed by atoms with Crippen LogP contribution in [0.3, 0.4) is 0 Å². The molecule has 0 saturated heterocycles. The summed E-state index contributed by atoms with van der Waals surface area (Å²) >= 11 is 0. The van der Waals surface area contributed by atoms with Crippen LogP contribution in [0.2, 0.25) is 0 Å². The minimum absolute atomic E-state index is 0.106. The number of hydrogen-bond acceptors (Lipinski definition) is 2. The average Bonchev–Trinajstić information content (AvgIpc) is 2.75. The van der Waals surface area contributed by atoms with Crippen LogP contribution in [0, 0.1) is 0 Å². The molecule has 0 heterocycles. The van der Waals surface area contributed by atoms with Gasteiger partial charge in [0.25, 0.3) is 0 Å². The van der Waals surface area contributed by atoms with Gasteiger partial charge in [0.05, 0.1) is 0 Å². The molecule has 0 saturated carbocycles. The fraction of sp³-hybridized carbons (Fsp3) is 0.500. The molecule has 0 unspecified atom stereocenters. The van der Waals surface area contributed by atoms with Crippen molar-refractivity contribution in [2.75, 3.05) is 6.61 Å². The molecule has 0 aliphatic carbocycles. The quantitative estimate of drug-likeness (QED) is 0.121. The molecule has 32 heavy (non-hydrogen) atoms. The highest BCUT2D eigenvalue weighted by molar-refractivity contribution is 5.69. The molecule has 0 amide bonds. The van der Waals surface area contributed by atoms with E-state index >= 15 is 0 Å². The van der Waals surface area contributed by atoms with Gasteiger partial charge in [0.15, 0.2) is 0 Å². The second-order valence-corrected chi connectivity index (χ2v) is 8.15. The molecule has 0 fully saturated rings. The van der Waals surface area contributed by atoms with Gasteiger partial charge in [-0.15, -0.1) is 0 Å². The van der Waals surface area contributed by atoms with Crippen LogP contribution in [-0.4, -0.2) is 12.6 Å². The van der Waals surface area contributed by atoms with E-state index in [2.05, 4.69) is 94.5 Å². The highest BCUT2D eigenvalue weighted by Crippen LogP contribution is 2.07. The lowest BCUT2D eigenvalue weighted by atomic mass is 10.1. The molecule has 0 aromatic rings. The zero-order valence-electron chi connectivity index (χ0n) is 21.0. The van der Waals surface area contributed by atoms with Crippen molar-refractivity contribution in [2.45, 2.75) is 91.9 Å². The number of esters is 1. The third-order valence-corrected chi connectivity index (χ3v) is 4.68. The Morgan fingerprint density at radius 1 is 0.656 bits per heavy atom. The van der Waals surface area contributed by atoms with E-state index in [9.17, 15) is 4.79 Å². The van der Waals surface area contributed by atoms with E-state index in [0.29, 0.717) is 13.0 Å². The Morgan fingerprint density at radius 3 is 1.72 bits per heavy atom.